The van der Waals surface area contributed by atoms with Crippen LogP contribution in [0.5, 0.6) is 0 Å². The molecule has 0 aliphatic carbocycles. The summed E-state index contributed by atoms with van der Waals surface area (Å²) in [4.78, 5) is 1.20. The first-order valence-electron chi connectivity index (χ1n) is 4.16. The van der Waals surface area contributed by atoms with Gasteiger partial charge in [-0.3, -0.25) is 0 Å². The van der Waals surface area contributed by atoms with Crippen molar-refractivity contribution in [3.05, 3.63) is 30.3 Å². The predicted octanol–water partition coefficient (Wildman–Crippen LogP) is 2.65. The van der Waals surface area contributed by atoms with E-state index in [4.69, 9.17) is 10.3 Å². The zero-order chi connectivity index (χ0) is 9.97. The second kappa shape index (κ2) is 3.75. The number of nitrogen functional groups attached to an aromatic ring is 1. The lowest BCUT2D eigenvalue weighted by Gasteiger charge is -1.98. The molecule has 0 bridgehead atoms. The van der Waals surface area contributed by atoms with Crippen LogP contribution in [0.25, 0.3) is 11.3 Å². The fraction of sp³-hybridized carbons (Fsp3) is 0.100. The van der Waals surface area contributed by atoms with Crippen LogP contribution in [0.4, 0.5) is 5.88 Å². The second-order valence-corrected chi connectivity index (χ2v) is 3.73. The Kier molecular flexibility index (Phi) is 2.45. The number of nitrogens with zero attached hydrogens (tertiary/aromatic N) is 1. The van der Waals surface area contributed by atoms with Gasteiger partial charge in [-0.05, 0) is 18.4 Å². The Labute approximate surface area is 86.3 Å². The molecule has 14 heavy (non-hydrogen) atoms. The molecule has 0 amide bonds. The third kappa shape index (κ3) is 1.75. The quantitative estimate of drug-likeness (QED) is 0.767. The highest BCUT2D eigenvalue weighted by Crippen LogP contribution is 2.24. The monoisotopic (exact) mass is 206 g/mol. The molecule has 2 aromatic rings. The van der Waals surface area contributed by atoms with E-state index in [1.54, 1.807) is 17.8 Å². The highest BCUT2D eigenvalue weighted by Gasteiger charge is 2.04. The summed E-state index contributed by atoms with van der Waals surface area (Å²) in [6, 6.07) is 9.81. The Morgan fingerprint density at radius 1 is 1.36 bits per heavy atom. The van der Waals surface area contributed by atoms with Crippen LogP contribution in [0.2, 0.25) is 0 Å². The van der Waals surface area contributed by atoms with Crippen LogP contribution in [0, 0.1) is 0 Å². The lowest BCUT2D eigenvalue weighted by molar-refractivity contribution is 0.439. The van der Waals surface area contributed by atoms with Crippen molar-refractivity contribution < 1.29 is 4.52 Å². The maximum absolute atomic E-state index is 5.45. The van der Waals surface area contributed by atoms with Gasteiger partial charge in [0.2, 0.25) is 5.88 Å². The number of thioether (sulfide) groups is 1. The molecule has 2 N–H and O–H groups in total. The average molecular weight is 206 g/mol. The maximum atomic E-state index is 5.45. The first-order chi connectivity index (χ1) is 6.79. The number of hydrogen-bond donors (Lipinski definition) is 1. The fourth-order valence-electron chi connectivity index (χ4n) is 1.21. The fourth-order valence-corrected chi connectivity index (χ4v) is 1.67. The summed E-state index contributed by atoms with van der Waals surface area (Å²) in [5, 5.41) is 3.85. The Bertz CT molecular complexity index is 439. The van der Waals surface area contributed by atoms with E-state index in [1.165, 1.54) is 4.90 Å². The molecule has 0 radical (unpaired) electrons. The van der Waals surface area contributed by atoms with Gasteiger partial charge >= 0.3 is 0 Å². The summed E-state index contributed by atoms with van der Waals surface area (Å²) >= 11 is 1.69. The highest BCUT2D eigenvalue weighted by atomic mass is 32.2. The van der Waals surface area contributed by atoms with E-state index in [1.807, 2.05) is 18.4 Å². The summed E-state index contributed by atoms with van der Waals surface area (Å²) in [6.45, 7) is 0. The van der Waals surface area contributed by atoms with Crippen LogP contribution in [-0.4, -0.2) is 11.4 Å². The first-order valence-corrected chi connectivity index (χ1v) is 5.38. The lowest BCUT2D eigenvalue weighted by atomic mass is 10.1. The van der Waals surface area contributed by atoms with Crippen molar-refractivity contribution in [2.45, 2.75) is 4.90 Å². The molecule has 72 valence electrons. The molecule has 0 fully saturated rings. The van der Waals surface area contributed by atoms with Gasteiger partial charge < -0.3 is 10.3 Å². The standard InChI is InChI=1S/C10H10N2OS/c1-14-8-4-2-3-7(5-8)9-6-10(11)13-12-9/h2-6H,11H2,1H3. The van der Waals surface area contributed by atoms with Crippen LogP contribution in [0.3, 0.4) is 0 Å². The van der Waals surface area contributed by atoms with Crippen molar-refractivity contribution in [2.75, 3.05) is 12.0 Å². The second-order valence-electron chi connectivity index (χ2n) is 2.85. The van der Waals surface area contributed by atoms with Crippen molar-refractivity contribution in [1.82, 2.24) is 5.16 Å². The minimum atomic E-state index is 0.342. The molecule has 1 heterocycles. The van der Waals surface area contributed by atoms with Gasteiger partial charge in [-0.2, -0.15) is 0 Å². The molecule has 3 nitrogen and oxygen atoms in total. The van der Waals surface area contributed by atoms with Gasteiger partial charge in [0.15, 0.2) is 0 Å². The summed E-state index contributed by atoms with van der Waals surface area (Å²) in [6.07, 6.45) is 2.04. The van der Waals surface area contributed by atoms with Crippen LogP contribution in [-0.2, 0) is 0 Å². The third-order valence-electron chi connectivity index (χ3n) is 1.89. The van der Waals surface area contributed by atoms with Gasteiger partial charge in [-0.15, -0.1) is 11.8 Å². The predicted molar refractivity (Wildman–Crippen MR) is 58.1 cm³/mol. The van der Waals surface area contributed by atoms with E-state index >= 15 is 0 Å². The van der Waals surface area contributed by atoms with Gasteiger partial charge in [0.1, 0.15) is 5.69 Å². The molecular formula is C10H10N2OS. The number of aromatic nitrogens is 1. The van der Waals surface area contributed by atoms with Crippen LogP contribution >= 0.6 is 11.8 Å². The lowest BCUT2D eigenvalue weighted by Crippen LogP contribution is -1.78. The van der Waals surface area contributed by atoms with E-state index in [0.29, 0.717) is 5.88 Å². The zero-order valence-electron chi connectivity index (χ0n) is 7.73. The van der Waals surface area contributed by atoms with Crippen molar-refractivity contribution in [1.29, 1.82) is 0 Å². The minimum Gasteiger partial charge on any atom is -0.368 e. The normalized spacial score (nSPS) is 10.4. The van der Waals surface area contributed by atoms with Crippen molar-refractivity contribution in [3.63, 3.8) is 0 Å². The molecule has 0 aliphatic rings. The van der Waals surface area contributed by atoms with Crippen molar-refractivity contribution >= 4 is 17.6 Å². The Morgan fingerprint density at radius 2 is 2.21 bits per heavy atom. The van der Waals surface area contributed by atoms with Gasteiger partial charge in [0, 0.05) is 16.5 Å². The Balaban J connectivity index is 2.41. The summed E-state index contributed by atoms with van der Waals surface area (Å²) in [5.41, 5.74) is 7.25. The Morgan fingerprint density at radius 3 is 2.86 bits per heavy atom. The smallest absolute Gasteiger partial charge is 0.222 e. The SMILES string of the molecule is CSc1cccc(-c2cc(N)on2)c1. The van der Waals surface area contributed by atoms with Crippen LogP contribution < -0.4 is 5.73 Å². The Hall–Kier alpha value is -1.42. The summed E-state index contributed by atoms with van der Waals surface area (Å²) < 4.78 is 4.81. The molecule has 0 aliphatic heterocycles. The van der Waals surface area contributed by atoms with E-state index in [0.717, 1.165) is 11.3 Å². The number of benzene rings is 1. The van der Waals surface area contributed by atoms with Crippen LogP contribution in [0.1, 0.15) is 0 Å². The summed E-state index contributed by atoms with van der Waals surface area (Å²) in [5.74, 6) is 0.342. The number of nitrogens with two attached hydrogens (primary N) is 1. The average Bonchev–Trinajstić information content (AvgIpc) is 2.65. The topological polar surface area (TPSA) is 52.0 Å². The van der Waals surface area contributed by atoms with Crippen molar-refractivity contribution in [2.24, 2.45) is 0 Å². The number of anilines is 1. The molecule has 0 atom stereocenters. The van der Waals surface area contributed by atoms with Crippen molar-refractivity contribution in [3.8, 4) is 11.3 Å². The molecular weight excluding hydrogens is 196 g/mol. The molecule has 0 unspecified atom stereocenters. The maximum Gasteiger partial charge on any atom is 0.222 e. The van der Waals surface area contributed by atoms with Gasteiger partial charge in [-0.1, -0.05) is 17.3 Å². The largest absolute Gasteiger partial charge is 0.368 e. The van der Waals surface area contributed by atoms with E-state index < -0.39 is 0 Å². The van der Waals surface area contributed by atoms with E-state index in [9.17, 15) is 0 Å². The molecule has 2 rings (SSSR count). The van der Waals surface area contributed by atoms with E-state index in [2.05, 4.69) is 17.3 Å². The molecule has 4 heteroatoms. The number of hydrogen-bond acceptors (Lipinski definition) is 4. The first kappa shape index (κ1) is 9.15. The third-order valence-corrected chi connectivity index (χ3v) is 2.62. The molecule has 0 saturated carbocycles. The summed E-state index contributed by atoms with van der Waals surface area (Å²) in [7, 11) is 0. The van der Waals surface area contributed by atoms with Crippen LogP contribution in [0.15, 0.2) is 39.8 Å². The van der Waals surface area contributed by atoms with Gasteiger partial charge in [0.25, 0.3) is 0 Å². The zero-order valence-corrected chi connectivity index (χ0v) is 8.54. The molecule has 0 saturated heterocycles. The molecule has 1 aromatic heterocycles. The molecule has 0 spiro atoms. The molecule has 1 aromatic carbocycles. The van der Waals surface area contributed by atoms with Gasteiger partial charge in [-0.25, -0.2) is 0 Å². The highest BCUT2D eigenvalue weighted by molar-refractivity contribution is 7.98. The van der Waals surface area contributed by atoms with Gasteiger partial charge in [0.05, 0.1) is 0 Å². The minimum absolute atomic E-state index is 0.342. The van der Waals surface area contributed by atoms with E-state index in [-0.39, 0.29) is 0 Å². The number of rotatable bonds is 2.